The van der Waals surface area contributed by atoms with Gasteiger partial charge in [-0.05, 0) is 55.8 Å². The van der Waals surface area contributed by atoms with E-state index in [1.165, 1.54) is 10.9 Å². The van der Waals surface area contributed by atoms with Crippen molar-refractivity contribution in [3.8, 4) is 5.75 Å². The summed E-state index contributed by atoms with van der Waals surface area (Å²) in [6, 6.07) is 28.0. The second kappa shape index (κ2) is 12.7. The molecule has 2 N–H and O–H groups in total. The molecule has 0 saturated carbocycles. The second-order valence-corrected chi connectivity index (χ2v) is 9.33. The highest BCUT2D eigenvalue weighted by molar-refractivity contribution is 5.99. The third-order valence-corrected chi connectivity index (χ3v) is 6.36. The first-order chi connectivity index (χ1) is 18.5. The molecule has 7 heteroatoms. The van der Waals surface area contributed by atoms with Gasteiger partial charge in [0.2, 0.25) is 0 Å². The number of H-pyrrole nitrogens is 2. The fourth-order valence-electron chi connectivity index (χ4n) is 4.30. The number of aldehydes is 1. The molecular weight excluding hydrogens is 476 g/mol. The zero-order valence-electron chi connectivity index (χ0n) is 22.1. The molecule has 0 bridgehead atoms. The van der Waals surface area contributed by atoms with E-state index in [-0.39, 0.29) is 12.5 Å². The van der Waals surface area contributed by atoms with Gasteiger partial charge >= 0.3 is 0 Å². The van der Waals surface area contributed by atoms with E-state index >= 15 is 0 Å². The van der Waals surface area contributed by atoms with Crippen molar-refractivity contribution in [1.82, 2.24) is 19.8 Å². The topological polar surface area (TPSA) is 81.4 Å². The number of aromatic amines is 2. The summed E-state index contributed by atoms with van der Waals surface area (Å²) in [4.78, 5) is 34.5. The number of fused-ring (bicyclic) bond motifs is 2. The number of carbonyl (C=O) groups is 2. The van der Waals surface area contributed by atoms with Crippen LogP contribution in [-0.4, -0.2) is 65.8 Å². The minimum absolute atomic E-state index is 0.0533. The van der Waals surface area contributed by atoms with E-state index in [1.54, 1.807) is 18.1 Å². The molecule has 0 saturated heterocycles. The van der Waals surface area contributed by atoms with E-state index in [2.05, 4.69) is 52.1 Å². The molecule has 5 aromatic rings. The molecule has 38 heavy (non-hydrogen) atoms. The zero-order valence-corrected chi connectivity index (χ0v) is 22.1. The van der Waals surface area contributed by atoms with E-state index in [0.717, 1.165) is 40.7 Å². The van der Waals surface area contributed by atoms with Crippen LogP contribution in [0, 0.1) is 6.92 Å². The molecule has 0 aliphatic carbocycles. The molecule has 0 aliphatic heterocycles. The van der Waals surface area contributed by atoms with E-state index in [0.29, 0.717) is 18.8 Å². The maximum atomic E-state index is 13.0. The van der Waals surface area contributed by atoms with Crippen molar-refractivity contribution < 1.29 is 14.3 Å². The first-order valence-electron chi connectivity index (χ1n) is 12.6. The van der Waals surface area contributed by atoms with Gasteiger partial charge in [-0.3, -0.25) is 9.69 Å². The number of benzene rings is 3. The number of ether oxygens (including phenoxy) is 1. The highest BCUT2D eigenvalue weighted by atomic mass is 16.5. The average Bonchev–Trinajstić information content (AvgIpc) is 3.54. The van der Waals surface area contributed by atoms with Gasteiger partial charge < -0.3 is 24.4 Å². The van der Waals surface area contributed by atoms with Gasteiger partial charge in [-0.1, -0.05) is 54.1 Å². The van der Waals surface area contributed by atoms with Gasteiger partial charge in [0.25, 0.3) is 5.91 Å². The first-order valence-corrected chi connectivity index (χ1v) is 12.6. The second-order valence-electron chi connectivity index (χ2n) is 9.33. The Labute approximate surface area is 223 Å². The predicted octanol–water partition coefficient (Wildman–Crippen LogP) is 5.43. The Morgan fingerprint density at radius 3 is 2.29 bits per heavy atom. The maximum Gasteiger partial charge on any atom is 0.270 e. The summed E-state index contributed by atoms with van der Waals surface area (Å²) in [6.45, 7) is 3.96. The van der Waals surface area contributed by atoms with Gasteiger partial charge in [-0.2, -0.15) is 0 Å². The lowest BCUT2D eigenvalue weighted by atomic mass is 10.2. The van der Waals surface area contributed by atoms with Crippen molar-refractivity contribution >= 4 is 34.0 Å². The number of methoxy groups -OCH3 is 1. The summed E-state index contributed by atoms with van der Waals surface area (Å²) in [5, 5.41) is 2.07. The number of hydrogen-bond acceptors (Lipinski definition) is 4. The summed E-state index contributed by atoms with van der Waals surface area (Å²) >= 11 is 0. The largest absolute Gasteiger partial charge is 0.497 e. The molecule has 2 heterocycles. The number of hydrogen-bond donors (Lipinski definition) is 2. The van der Waals surface area contributed by atoms with E-state index in [1.807, 2.05) is 55.6 Å². The summed E-state index contributed by atoms with van der Waals surface area (Å²) in [5.74, 6) is 0.537. The fraction of sp³-hybridized carbons (Fsp3) is 0.226. The van der Waals surface area contributed by atoms with Crippen LogP contribution in [0.15, 0.2) is 84.9 Å². The SMILES string of the molecule is COc1ccc2[nH]c(C(=O)N(CC=O)CCN(C)Cc3cc4ccccc4[nH]3)cc2c1.Cc1ccccc1. The molecule has 0 aliphatic rings. The van der Waals surface area contributed by atoms with Crippen LogP contribution in [0.4, 0.5) is 0 Å². The predicted molar refractivity (Wildman–Crippen MR) is 153 cm³/mol. The Morgan fingerprint density at radius 2 is 1.61 bits per heavy atom. The lowest BCUT2D eigenvalue weighted by molar-refractivity contribution is -0.108. The number of amides is 1. The van der Waals surface area contributed by atoms with Crippen LogP contribution >= 0.6 is 0 Å². The number of likely N-dealkylation sites (N-methyl/N-ethyl adjacent to an activating group) is 1. The van der Waals surface area contributed by atoms with Crippen LogP contribution in [0.25, 0.3) is 21.8 Å². The number of nitrogens with zero attached hydrogens (tertiary/aromatic N) is 2. The average molecular weight is 511 g/mol. The third-order valence-electron chi connectivity index (χ3n) is 6.36. The van der Waals surface area contributed by atoms with E-state index in [4.69, 9.17) is 4.74 Å². The summed E-state index contributed by atoms with van der Waals surface area (Å²) in [7, 11) is 3.61. The van der Waals surface area contributed by atoms with Gasteiger partial charge in [0.15, 0.2) is 0 Å². The molecule has 3 aromatic carbocycles. The number of rotatable bonds is 9. The summed E-state index contributed by atoms with van der Waals surface area (Å²) in [5.41, 5.74) is 4.86. The Balaban J connectivity index is 0.000000417. The Bertz CT molecular complexity index is 1460. The maximum absolute atomic E-state index is 13.0. The zero-order chi connectivity index (χ0) is 26.9. The Kier molecular flexibility index (Phi) is 8.95. The molecule has 196 valence electrons. The Hall–Kier alpha value is -4.36. The quantitative estimate of drug-likeness (QED) is 0.259. The summed E-state index contributed by atoms with van der Waals surface area (Å²) < 4.78 is 5.25. The molecule has 0 atom stereocenters. The normalized spacial score (nSPS) is 10.8. The minimum Gasteiger partial charge on any atom is -0.497 e. The van der Waals surface area contributed by atoms with Crippen LogP contribution in [0.3, 0.4) is 0 Å². The third kappa shape index (κ3) is 6.89. The minimum atomic E-state index is -0.193. The monoisotopic (exact) mass is 510 g/mol. The molecule has 7 nitrogen and oxygen atoms in total. The molecule has 2 aromatic heterocycles. The van der Waals surface area contributed by atoms with Crippen molar-refractivity contribution in [3.63, 3.8) is 0 Å². The van der Waals surface area contributed by atoms with E-state index in [9.17, 15) is 9.59 Å². The van der Waals surface area contributed by atoms with Crippen molar-refractivity contribution in [3.05, 3.63) is 102 Å². The van der Waals surface area contributed by atoms with Crippen LogP contribution in [-0.2, 0) is 11.3 Å². The number of aryl methyl sites for hydroxylation is 1. The van der Waals surface area contributed by atoms with Gasteiger partial charge in [-0.25, -0.2) is 0 Å². The summed E-state index contributed by atoms with van der Waals surface area (Å²) in [6.07, 6.45) is 0.765. The smallest absolute Gasteiger partial charge is 0.270 e. The van der Waals surface area contributed by atoms with Gasteiger partial charge in [0.05, 0.1) is 13.7 Å². The molecule has 0 fully saturated rings. The number of para-hydroxylation sites is 1. The van der Waals surface area contributed by atoms with Crippen LogP contribution in [0.1, 0.15) is 21.7 Å². The molecule has 0 spiro atoms. The van der Waals surface area contributed by atoms with Crippen molar-refractivity contribution in [1.29, 1.82) is 0 Å². The van der Waals surface area contributed by atoms with Crippen LogP contribution in [0.2, 0.25) is 0 Å². The number of nitrogens with one attached hydrogen (secondary N) is 2. The van der Waals surface area contributed by atoms with Crippen LogP contribution < -0.4 is 4.74 Å². The van der Waals surface area contributed by atoms with Crippen molar-refractivity contribution in [2.75, 3.05) is 33.8 Å². The van der Waals surface area contributed by atoms with E-state index < -0.39 is 0 Å². The molecule has 5 rings (SSSR count). The lowest BCUT2D eigenvalue weighted by Gasteiger charge is -2.23. The van der Waals surface area contributed by atoms with Crippen LogP contribution in [0.5, 0.6) is 5.75 Å². The molecule has 0 unspecified atom stereocenters. The highest BCUT2D eigenvalue weighted by Crippen LogP contribution is 2.22. The first kappa shape index (κ1) is 26.7. The molecular formula is C31H34N4O3. The van der Waals surface area contributed by atoms with Crippen molar-refractivity contribution in [2.24, 2.45) is 0 Å². The van der Waals surface area contributed by atoms with Gasteiger partial charge in [-0.15, -0.1) is 0 Å². The van der Waals surface area contributed by atoms with Gasteiger partial charge in [0, 0.05) is 41.7 Å². The van der Waals surface area contributed by atoms with Crippen molar-refractivity contribution in [2.45, 2.75) is 13.5 Å². The van der Waals surface area contributed by atoms with Gasteiger partial charge in [0.1, 0.15) is 17.7 Å². The molecule has 0 radical (unpaired) electrons. The lowest BCUT2D eigenvalue weighted by Crippen LogP contribution is -2.38. The number of carbonyl (C=O) groups excluding carboxylic acids is 2. The number of aromatic nitrogens is 2. The fourth-order valence-corrected chi connectivity index (χ4v) is 4.30. The highest BCUT2D eigenvalue weighted by Gasteiger charge is 2.18. The molecule has 1 amide bonds. The standard InChI is InChI=1S/C24H26N4O3.C7H8/c1-27(16-19-13-17-5-3-4-6-21(17)25-19)9-10-28(11-12-29)24(30)23-15-18-14-20(31-2)7-8-22(18)26-23;1-7-5-3-2-4-6-7/h3-8,12-15,25-26H,9-11,16H2,1-2H3;2-6H,1H3. The Morgan fingerprint density at radius 1 is 0.868 bits per heavy atom.